The van der Waals surface area contributed by atoms with Gasteiger partial charge in [-0.15, -0.1) is 0 Å². The van der Waals surface area contributed by atoms with Gasteiger partial charge in [-0.25, -0.2) is 9.78 Å². The van der Waals surface area contributed by atoms with E-state index in [0.29, 0.717) is 25.6 Å². The Morgan fingerprint density at radius 3 is 2.75 bits per heavy atom. The Balaban J connectivity index is 1.54. The third-order valence-corrected chi connectivity index (χ3v) is 7.32. The highest BCUT2D eigenvalue weighted by Crippen LogP contribution is 2.50. The number of rotatable bonds is 2. The van der Waals surface area contributed by atoms with Crippen LogP contribution in [0.3, 0.4) is 0 Å². The average Bonchev–Trinajstić information content (AvgIpc) is 3.12. The molecule has 1 spiro atoms. The first-order chi connectivity index (χ1) is 15.3. The van der Waals surface area contributed by atoms with Gasteiger partial charge in [-0.05, 0) is 52.3 Å². The molecule has 0 aliphatic carbocycles. The molecule has 1 aromatic carbocycles. The standard InChI is InChI=1S/C25H34N4O3/c1-5-31-23(30)29-14-11-25(12-15-29)21-20(18-8-6-7-9-19(18)32-25)27-22(28(21)4)17-10-13-26-24(2,3)16-17/h6-9,17,26H,5,10-16H2,1-4H3/t17-/m1/s1. The molecule has 32 heavy (non-hydrogen) atoms. The van der Waals surface area contributed by atoms with Crippen molar-refractivity contribution in [1.82, 2.24) is 19.8 Å². The lowest BCUT2D eigenvalue weighted by Gasteiger charge is -2.44. The molecule has 172 valence electrons. The molecule has 1 aromatic heterocycles. The number of benzene rings is 1. The molecule has 0 radical (unpaired) electrons. The number of para-hydroxylation sites is 1. The second-order valence-corrected chi connectivity index (χ2v) is 10.0. The summed E-state index contributed by atoms with van der Waals surface area (Å²) in [6.07, 6.45) is 3.36. The van der Waals surface area contributed by atoms with Crippen LogP contribution in [0.25, 0.3) is 11.3 Å². The van der Waals surface area contributed by atoms with Crippen LogP contribution in [0.15, 0.2) is 24.3 Å². The Bertz CT molecular complexity index is 1020. The molecule has 1 amide bonds. The molecule has 1 atom stereocenters. The first-order valence-electron chi connectivity index (χ1n) is 11.9. The van der Waals surface area contributed by atoms with Crippen molar-refractivity contribution in [3.05, 3.63) is 35.8 Å². The molecule has 2 fully saturated rings. The zero-order valence-electron chi connectivity index (χ0n) is 19.6. The predicted octanol–water partition coefficient (Wildman–Crippen LogP) is 4.17. The summed E-state index contributed by atoms with van der Waals surface area (Å²) >= 11 is 0. The van der Waals surface area contributed by atoms with E-state index >= 15 is 0 Å². The van der Waals surface area contributed by atoms with Crippen LogP contribution >= 0.6 is 0 Å². The second kappa shape index (κ2) is 7.80. The maximum Gasteiger partial charge on any atom is 0.409 e. The van der Waals surface area contributed by atoms with Crippen LogP contribution in [0, 0.1) is 0 Å². The third kappa shape index (κ3) is 3.47. The molecule has 7 nitrogen and oxygen atoms in total. The molecular formula is C25H34N4O3. The molecule has 1 N–H and O–H groups in total. The van der Waals surface area contributed by atoms with E-state index in [-0.39, 0.29) is 11.6 Å². The summed E-state index contributed by atoms with van der Waals surface area (Å²) in [7, 11) is 2.15. The SMILES string of the molecule is CCOC(=O)N1CCC2(CC1)Oc1ccccc1-c1nc([C@@H]3CCNC(C)(C)C3)n(C)c12. The zero-order chi connectivity index (χ0) is 22.5. The van der Waals surface area contributed by atoms with E-state index in [0.717, 1.165) is 60.8 Å². The zero-order valence-corrected chi connectivity index (χ0v) is 19.6. The van der Waals surface area contributed by atoms with Gasteiger partial charge in [0.15, 0.2) is 5.60 Å². The number of nitrogens with one attached hydrogen (secondary N) is 1. The number of fused-ring (bicyclic) bond motifs is 4. The fraction of sp³-hybridized carbons (Fsp3) is 0.600. The molecule has 7 heteroatoms. The maximum atomic E-state index is 12.3. The van der Waals surface area contributed by atoms with Crippen LogP contribution in [-0.2, 0) is 17.4 Å². The molecule has 3 aliphatic rings. The first kappa shape index (κ1) is 21.3. The highest BCUT2D eigenvalue weighted by atomic mass is 16.6. The normalized spacial score (nSPS) is 23.2. The number of amides is 1. The quantitative estimate of drug-likeness (QED) is 0.762. The Kier molecular flexibility index (Phi) is 5.19. The summed E-state index contributed by atoms with van der Waals surface area (Å²) in [6.45, 7) is 9.01. The number of carbonyl (C=O) groups excluding carboxylic acids is 1. The van der Waals surface area contributed by atoms with Crippen molar-refractivity contribution < 1.29 is 14.3 Å². The van der Waals surface area contributed by atoms with Crippen LogP contribution in [0.4, 0.5) is 4.79 Å². The van der Waals surface area contributed by atoms with E-state index in [4.69, 9.17) is 14.5 Å². The van der Waals surface area contributed by atoms with E-state index in [2.05, 4.69) is 42.9 Å². The van der Waals surface area contributed by atoms with Gasteiger partial charge in [-0.1, -0.05) is 12.1 Å². The van der Waals surface area contributed by atoms with Crippen LogP contribution in [0.2, 0.25) is 0 Å². The van der Waals surface area contributed by atoms with Crippen molar-refractivity contribution in [2.24, 2.45) is 7.05 Å². The lowest BCUT2D eigenvalue weighted by Crippen LogP contribution is -2.50. The van der Waals surface area contributed by atoms with Crippen molar-refractivity contribution in [3.63, 3.8) is 0 Å². The van der Waals surface area contributed by atoms with Crippen LogP contribution in [0.5, 0.6) is 5.75 Å². The van der Waals surface area contributed by atoms with E-state index in [1.807, 2.05) is 19.1 Å². The van der Waals surface area contributed by atoms with Gasteiger partial charge in [0.25, 0.3) is 0 Å². The van der Waals surface area contributed by atoms with Crippen molar-refractivity contribution in [2.75, 3.05) is 26.2 Å². The molecule has 0 unspecified atom stereocenters. The van der Waals surface area contributed by atoms with Crippen LogP contribution in [0.1, 0.15) is 63.9 Å². The number of carbonyl (C=O) groups is 1. The summed E-state index contributed by atoms with van der Waals surface area (Å²) in [6, 6.07) is 8.22. The van der Waals surface area contributed by atoms with Crippen molar-refractivity contribution in [3.8, 4) is 17.0 Å². The number of piperidine rings is 2. The van der Waals surface area contributed by atoms with Gasteiger partial charge in [0, 0.05) is 50.0 Å². The number of imidazole rings is 1. The summed E-state index contributed by atoms with van der Waals surface area (Å²) in [4.78, 5) is 19.4. The second-order valence-electron chi connectivity index (χ2n) is 10.0. The maximum absolute atomic E-state index is 12.3. The van der Waals surface area contributed by atoms with Gasteiger partial charge in [0.2, 0.25) is 0 Å². The predicted molar refractivity (Wildman–Crippen MR) is 123 cm³/mol. The number of ether oxygens (including phenoxy) is 2. The van der Waals surface area contributed by atoms with Gasteiger partial charge in [0.05, 0.1) is 18.0 Å². The molecule has 2 saturated heterocycles. The fourth-order valence-electron chi connectivity index (χ4n) is 5.80. The summed E-state index contributed by atoms with van der Waals surface area (Å²) < 4.78 is 14.3. The topological polar surface area (TPSA) is 68.6 Å². The molecule has 4 heterocycles. The minimum Gasteiger partial charge on any atom is -0.480 e. The van der Waals surface area contributed by atoms with Crippen molar-refractivity contribution in [1.29, 1.82) is 0 Å². The lowest BCUT2D eigenvalue weighted by molar-refractivity contribution is -0.0102. The van der Waals surface area contributed by atoms with Crippen molar-refractivity contribution >= 4 is 6.09 Å². The third-order valence-electron chi connectivity index (χ3n) is 7.32. The molecule has 0 bridgehead atoms. The molecule has 3 aliphatic heterocycles. The number of nitrogens with zero attached hydrogens (tertiary/aromatic N) is 3. The van der Waals surface area contributed by atoms with E-state index in [9.17, 15) is 4.79 Å². The van der Waals surface area contributed by atoms with Crippen molar-refractivity contribution in [2.45, 2.75) is 63.5 Å². The number of likely N-dealkylation sites (tertiary alicyclic amines) is 1. The van der Waals surface area contributed by atoms with Gasteiger partial charge < -0.3 is 24.3 Å². The van der Waals surface area contributed by atoms with Crippen LogP contribution < -0.4 is 10.1 Å². The molecule has 0 saturated carbocycles. The molecule has 5 rings (SSSR count). The Hall–Kier alpha value is -2.54. The molecule has 2 aromatic rings. The van der Waals surface area contributed by atoms with Gasteiger partial charge in [0.1, 0.15) is 11.6 Å². The highest BCUT2D eigenvalue weighted by molar-refractivity contribution is 5.73. The largest absolute Gasteiger partial charge is 0.480 e. The fourth-order valence-corrected chi connectivity index (χ4v) is 5.80. The summed E-state index contributed by atoms with van der Waals surface area (Å²) in [5, 5.41) is 3.63. The monoisotopic (exact) mass is 438 g/mol. The van der Waals surface area contributed by atoms with E-state index in [1.165, 1.54) is 0 Å². The highest BCUT2D eigenvalue weighted by Gasteiger charge is 2.48. The van der Waals surface area contributed by atoms with Gasteiger partial charge in [-0.2, -0.15) is 0 Å². The summed E-state index contributed by atoms with van der Waals surface area (Å²) in [5.74, 6) is 2.45. The lowest BCUT2D eigenvalue weighted by atomic mass is 9.83. The Morgan fingerprint density at radius 1 is 1.28 bits per heavy atom. The van der Waals surface area contributed by atoms with Gasteiger partial charge in [-0.3, -0.25) is 0 Å². The average molecular weight is 439 g/mol. The Labute approximate surface area is 190 Å². The number of aromatic nitrogens is 2. The Morgan fingerprint density at radius 2 is 2.03 bits per heavy atom. The number of hydrogen-bond donors (Lipinski definition) is 1. The smallest absolute Gasteiger partial charge is 0.409 e. The molecular weight excluding hydrogens is 404 g/mol. The first-order valence-corrected chi connectivity index (χ1v) is 11.9. The van der Waals surface area contributed by atoms with Gasteiger partial charge >= 0.3 is 6.09 Å². The van der Waals surface area contributed by atoms with Crippen LogP contribution in [-0.4, -0.2) is 52.3 Å². The van der Waals surface area contributed by atoms with E-state index < -0.39 is 5.60 Å². The minimum atomic E-state index is -0.477. The number of hydrogen-bond acceptors (Lipinski definition) is 5. The minimum absolute atomic E-state index is 0.104. The summed E-state index contributed by atoms with van der Waals surface area (Å²) in [5.41, 5.74) is 2.90. The van der Waals surface area contributed by atoms with E-state index in [1.54, 1.807) is 4.90 Å².